The standard InChI is InChI=1S/C14H18N2O3S/c1-2-8-16-20(17,18)14-6-4-3-5-13(14)15-10-12-7-9-19-11-12/h3-7,9,11,15-16H,2,8,10H2,1H3. The molecule has 0 radical (unpaired) electrons. The molecule has 0 saturated carbocycles. The lowest BCUT2D eigenvalue weighted by Crippen LogP contribution is -2.25. The number of benzene rings is 1. The van der Waals surface area contributed by atoms with Crippen molar-refractivity contribution >= 4 is 15.7 Å². The number of nitrogens with one attached hydrogen (secondary N) is 2. The van der Waals surface area contributed by atoms with Crippen LogP contribution < -0.4 is 10.0 Å². The Labute approximate surface area is 119 Å². The Morgan fingerprint density at radius 3 is 2.70 bits per heavy atom. The zero-order valence-corrected chi connectivity index (χ0v) is 12.1. The maximum Gasteiger partial charge on any atom is 0.242 e. The van der Waals surface area contributed by atoms with Crippen molar-refractivity contribution in [2.75, 3.05) is 11.9 Å². The number of rotatable bonds is 7. The number of sulfonamides is 1. The lowest BCUT2D eigenvalue weighted by Gasteiger charge is -2.12. The summed E-state index contributed by atoms with van der Waals surface area (Å²) < 4.78 is 32.0. The van der Waals surface area contributed by atoms with Crippen molar-refractivity contribution in [3.8, 4) is 0 Å². The molecule has 2 rings (SSSR count). The van der Waals surface area contributed by atoms with Crippen molar-refractivity contribution in [3.05, 3.63) is 48.4 Å². The second-order valence-corrected chi connectivity index (χ2v) is 6.11. The first-order valence-corrected chi connectivity index (χ1v) is 7.95. The van der Waals surface area contributed by atoms with E-state index >= 15 is 0 Å². The Morgan fingerprint density at radius 2 is 2.00 bits per heavy atom. The van der Waals surface area contributed by atoms with Gasteiger partial charge in [0, 0.05) is 18.7 Å². The smallest absolute Gasteiger partial charge is 0.242 e. The van der Waals surface area contributed by atoms with Crippen molar-refractivity contribution in [2.45, 2.75) is 24.8 Å². The predicted molar refractivity (Wildman–Crippen MR) is 78.0 cm³/mol. The summed E-state index contributed by atoms with van der Waals surface area (Å²) >= 11 is 0. The van der Waals surface area contributed by atoms with E-state index in [4.69, 9.17) is 4.42 Å². The first-order valence-electron chi connectivity index (χ1n) is 6.47. The van der Waals surface area contributed by atoms with Crippen LogP contribution in [0.15, 0.2) is 52.2 Å². The van der Waals surface area contributed by atoms with Crippen LogP contribution in [0.5, 0.6) is 0 Å². The van der Waals surface area contributed by atoms with Gasteiger partial charge < -0.3 is 9.73 Å². The molecule has 2 N–H and O–H groups in total. The fourth-order valence-corrected chi connectivity index (χ4v) is 3.07. The van der Waals surface area contributed by atoms with E-state index in [2.05, 4.69) is 10.0 Å². The molecule has 1 heterocycles. The summed E-state index contributed by atoms with van der Waals surface area (Å²) in [7, 11) is -3.48. The summed E-state index contributed by atoms with van der Waals surface area (Å²) in [6.07, 6.45) is 3.96. The molecule has 20 heavy (non-hydrogen) atoms. The third-order valence-electron chi connectivity index (χ3n) is 2.78. The summed E-state index contributed by atoms with van der Waals surface area (Å²) in [4.78, 5) is 0.261. The van der Waals surface area contributed by atoms with Crippen molar-refractivity contribution in [1.82, 2.24) is 4.72 Å². The molecule has 6 heteroatoms. The number of hydrogen-bond acceptors (Lipinski definition) is 4. The highest BCUT2D eigenvalue weighted by Gasteiger charge is 2.17. The Hall–Kier alpha value is -1.79. The number of anilines is 1. The van der Waals surface area contributed by atoms with Gasteiger partial charge in [0.1, 0.15) is 4.90 Å². The molecule has 5 nitrogen and oxygen atoms in total. The van der Waals surface area contributed by atoms with Gasteiger partial charge in [-0.3, -0.25) is 0 Å². The second kappa shape index (κ2) is 6.58. The Bertz CT molecular complexity index is 636. The topological polar surface area (TPSA) is 71.3 Å². The van der Waals surface area contributed by atoms with E-state index in [9.17, 15) is 8.42 Å². The summed E-state index contributed by atoms with van der Waals surface area (Å²) in [5, 5.41) is 3.12. The van der Waals surface area contributed by atoms with Crippen LogP contribution in [0.1, 0.15) is 18.9 Å². The highest BCUT2D eigenvalue weighted by Crippen LogP contribution is 2.21. The monoisotopic (exact) mass is 294 g/mol. The summed E-state index contributed by atoms with van der Waals surface area (Å²) in [5.41, 5.74) is 1.54. The van der Waals surface area contributed by atoms with Crippen LogP contribution in [0.4, 0.5) is 5.69 Å². The van der Waals surface area contributed by atoms with E-state index in [1.54, 1.807) is 36.8 Å². The normalized spacial score (nSPS) is 11.4. The van der Waals surface area contributed by atoms with E-state index in [0.29, 0.717) is 18.8 Å². The van der Waals surface area contributed by atoms with Crippen LogP contribution in [0.3, 0.4) is 0 Å². The van der Waals surface area contributed by atoms with Gasteiger partial charge in [-0.05, 0) is 24.6 Å². The molecule has 0 amide bonds. The molecule has 0 aliphatic carbocycles. The lowest BCUT2D eigenvalue weighted by atomic mass is 10.3. The van der Waals surface area contributed by atoms with Gasteiger partial charge in [0.25, 0.3) is 0 Å². The van der Waals surface area contributed by atoms with Gasteiger partial charge in [0.15, 0.2) is 0 Å². The highest BCUT2D eigenvalue weighted by atomic mass is 32.2. The van der Waals surface area contributed by atoms with Crippen LogP contribution in [-0.4, -0.2) is 15.0 Å². The minimum atomic E-state index is -3.48. The Kier molecular flexibility index (Phi) is 4.81. The van der Waals surface area contributed by atoms with Gasteiger partial charge in [0.2, 0.25) is 10.0 Å². The molecule has 2 aromatic rings. The fourth-order valence-electron chi connectivity index (χ4n) is 1.75. The molecule has 108 valence electrons. The molecular formula is C14H18N2O3S. The fraction of sp³-hybridized carbons (Fsp3) is 0.286. The van der Waals surface area contributed by atoms with E-state index in [1.807, 2.05) is 13.0 Å². The van der Waals surface area contributed by atoms with E-state index < -0.39 is 10.0 Å². The quantitative estimate of drug-likeness (QED) is 0.823. The van der Waals surface area contributed by atoms with E-state index in [1.165, 1.54) is 0 Å². The van der Waals surface area contributed by atoms with Crippen LogP contribution in [0.2, 0.25) is 0 Å². The molecule has 0 saturated heterocycles. The van der Waals surface area contributed by atoms with E-state index in [0.717, 1.165) is 12.0 Å². The molecule has 0 unspecified atom stereocenters. The molecular weight excluding hydrogens is 276 g/mol. The third-order valence-corrected chi connectivity index (χ3v) is 4.30. The summed E-state index contributed by atoms with van der Waals surface area (Å²) in [5.74, 6) is 0. The maximum absolute atomic E-state index is 12.2. The SMILES string of the molecule is CCCNS(=O)(=O)c1ccccc1NCc1ccoc1. The molecule has 0 atom stereocenters. The van der Waals surface area contributed by atoms with E-state index in [-0.39, 0.29) is 4.90 Å². The van der Waals surface area contributed by atoms with Crippen LogP contribution in [0.25, 0.3) is 0 Å². The van der Waals surface area contributed by atoms with Crippen LogP contribution in [-0.2, 0) is 16.6 Å². The minimum absolute atomic E-state index is 0.261. The lowest BCUT2D eigenvalue weighted by molar-refractivity contribution is 0.564. The summed E-state index contributed by atoms with van der Waals surface area (Å²) in [6.45, 7) is 2.86. The number of furan rings is 1. The average Bonchev–Trinajstić information content (AvgIpc) is 2.96. The summed E-state index contributed by atoms with van der Waals surface area (Å²) in [6, 6.07) is 8.69. The second-order valence-electron chi connectivity index (χ2n) is 4.38. The molecule has 0 bridgehead atoms. The predicted octanol–water partition coefficient (Wildman–Crippen LogP) is 2.58. The molecule has 0 spiro atoms. The molecule has 1 aromatic heterocycles. The van der Waals surface area contributed by atoms with Crippen LogP contribution >= 0.6 is 0 Å². The van der Waals surface area contributed by atoms with Crippen LogP contribution in [0, 0.1) is 0 Å². The molecule has 0 aliphatic heterocycles. The zero-order valence-electron chi connectivity index (χ0n) is 11.3. The first kappa shape index (κ1) is 14.6. The first-order chi connectivity index (χ1) is 9.63. The zero-order chi connectivity index (χ0) is 14.4. The van der Waals surface area contributed by atoms with Crippen molar-refractivity contribution in [1.29, 1.82) is 0 Å². The van der Waals surface area contributed by atoms with Crippen molar-refractivity contribution in [3.63, 3.8) is 0 Å². The third kappa shape index (κ3) is 3.61. The van der Waals surface area contributed by atoms with Crippen molar-refractivity contribution < 1.29 is 12.8 Å². The Balaban J connectivity index is 2.17. The van der Waals surface area contributed by atoms with Gasteiger partial charge >= 0.3 is 0 Å². The van der Waals surface area contributed by atoms with Gasteiger partial charge in [-0.15, -0.1) is 0 Å². The molecule has 1 aromatic carbocycles. The Morgan fingerprint density at radius 1 is 1.20 bits per heavy atom. The number of hydrogen-bond donors (Lipinski definition) is 2. The number of para-hydroxylation sites is 1. The average molecular weight is 294 g/mol. The van der Waals surface area contributed by atoms with Gasteiger partial charge in [0.05, 0.1) is 18.2 Å². The van der Waals surface area contributed by atoms with Gasteiger partial charge in [-0.25, -0.2) is 13.1 Å². The van der Waals surface area contributed by atoms with Crippen molar-refractivity contribution in [2.24, 2.45) is 0 Å². The highest BCUT2D eigenvalue weighted by molar-refractivity contribution is 7.89. The van der Waals surface area contributed by atoms with Gasteiger partial charge in [-0.1, -0.05) is 19.1 Å². The molecule has 0 fully saturated rings. The van der Waals surface area contributed by atoms with Gasteiger partial charge in [-0.2, -0.15) is 0 Å². The largest absolute Gasteiger partial charge is 0.472 e. The molecule has 0 aliphatic rings. The minimum Gasteiger partial charge on any atom is -0.472 e. The maximum atomic E-state index is 12.2.